The van der Waals surface area contributed by atoms with Crippen molar-refractivity contribution in [1.82, 2.24) is 20.4 Å². The first-order valence-electron chi connectivity index (χ1n) is 8.89. The van der Waals surface area contributed by atoms with Crippen LogP contribution in [0.4, 0.5) is 5.82 Å². The van der Waals surface area contributed by atoms with Crippen LogP contribution in [-0.4, -0.2) is 40.2 Å². The van der Waals surface area contributed by atoms with Gasteiger partial charge in [-0.05, 0) is 33.1 Å². The number of anilines is 1. The zero-order valence-electron chi connectivity index (χ0n) is 15.1. The van der Waals surface area contributed by atoms with Crippen molar-refractivity contribution in [3.63, 3.8) is 0 Å². The lowest BCUT2D eigenvalue weighted by molar-refractivity contribution is 0.0922. The maximum absolute atomic E-state index is 12.3. The van der Waals surface area contributed by atoms with E-state index in [1.54, 1.807) is 6.07 Å². The number of carbonyl (C=O) groups is 1. The van der Waals surface area contributed by atoms with Gasteiger partial charge in [0.05, 0.1) is 0 Å². The van der Waals surface area contributed by atoms with Crippen molar-refractivity contribution in [2.75, 3.05) is 18.0 Å². The summed E-state index contributed by atoms with van der Waals surface area (Å²) in [5, 5.41) is 6.93. The molecular formula is C18H25N5O2. The molecule has 0 radical (unpaired) electrons. The number of rotatable bonds is 5. The number of aromatic nitrogens is 3. The lowest BCUT2D eigenvalue weighted by Crippen LogP contribution is -2.45. The Morgan fingerprint density at radius 1 is 1.28 bits per heavy atom. The molecule has 0 spiro atoms. The summed E-state index contributed by atoms with van der Waals surface area (Å²) in [6, 6.07) is 3.90. The monoisotopic (exact) mass is 343 g/mol. The Labute approximate surface area is 147 Å². The summed E-state index contributed by atoms with van der Waals surface area (Å²) in [5.41, 5.74) is 1.35. The van der Waals surface area contributed by atoms with Gasteiger partial charge < -0.3 is 14.7 Å². The molecule has 0 atom stereocenters. The summed E-state index contributed by atoms with van der Waals surface area (Å²) >= 11 is 0. The molecule has 1 aliphatic rings. The van der Waals surface area contributed by atoms with Crippen molar-refractivity contribution >= 4 is 11.7 Å². The van der Waals surface area contributed by atoms with Crippen LogP contribution in [-0.2, 0) is 6.42 Å². The average Bonchev–Trinajstić information content (AvgIpc) is 3.04. The Balaban J connectivity index is 1.54. The van der Waals surface area contributed by atoms with Gasteiger partial charge in [0.15, 0.2) is 5.69 Å². The molecule has 1 amide bonds. The van der Waals surface area contributed by atoms with E-state index in [2.05, 4.69) is 32.3 Å². The zero-order valence-corrected chi connectivity index (χ0v) is 15.1. The van der Waals surface area contributed by atoms with Gasteiger partial charge in [-0.25, -0.2) is 9.97 Å². The minimum absolute atomic E-state index is 0.152. The normalized spacial score (nSPS) is 15.4. The lowest BCUT2D eigenvalue weighted by atomic mass is 10.0. The van der Waals surface area contributed by atoms with E-state index in [4.69, 9.17) is 4.52 Å². The first kappa shape index (κ1) is 17.4. The van der Waals surface area contributed by atoms with Gasteiger partial charge in [0.25, 0.3) is 5.91 Å². The smallest absolute Gasteiger partial charge is 0.273 e. The molecule has 0 aromatic carbocycles. The molecule has 25 heavy (non-hydrogen) atoms. The van der Waals surface area contributed by atoms with E-state index >= 15 is 0 Å². The van der Waals surface area contributed by atoms with E-state index in [-0.39, 0.29) is 11.9 Å². The van der Waals surface area contributed by atoms with Crippen LogP contribution in [0.1, 0.15) is 54.0 Å². The molecule has 0 bridgehead atoms. The van der Waals surface area contributed by atoms with Crippen LogP contribution < -0.4 is 10.2 Å². The van der Waals surface area contributed by atoms with Crippen molar-refractivity contribution in [2.24, 2.45) is 0 Å². The van der Waals surface area contributed by atoms with Crippen molar-refractivity contribution < 1.29 is 9.32 Å². The van der Waals surface area contributed by atoms with E-state index in [0.29, 0.717) is 5.69 Å². The van der Waals surface area contributed by atoms with Crippen molar-refractivity contribution in [1.29, 1.82) is 0 Å². The quantitative estimate of drug-likeness (QED) is 0.897. The molecule has 7 heteroatoms. The molecule has 7 nitrogen and oxygen atoms in total. The minimum Gasteiger partial charge on any atom is -0.361 e. The highest BCUT2D eigenvalue weighted by Gasteiger charge is 2.23. The first-order valence-corrected chi connectivity index (χ1v) is 8.89. The third-order valence-electron chi connectivity index (χ3n) is 4.39. The molecule has 0 unspecified atom stereocenters. The van der Waals surface area contributed by atoms with Crippen LogP contribution in [0.15, 0.2) is 16.7 Å². The number of hydrogen-bond acceptors (Lipinski definition) is 6. The van der Waals surface area contributed by atoms with Crippen LogP contribution in [0.5, 0.6) is 0 Å². The molecule has 1 saturated heterocycles. The van der Waals surface area contributed by atoms with Crippen LogP contribution in [0, 0.1) is 13.8 Å². The zero-order chi connectivity index (χ0) is 17.8. The number of carbonyl (C=O) groups excluding carboxylic acids is 1. The van der Waals surface area contributed by atoms with Crippen molar-refractivity contribution in [3.8, 4) is 0 Å². The molecule has 1 N–H and O–H groups in total. The second-order valence-corrected chi connectivity index (χ2v) is 6.58. The van der Waals surface area contributed by atoms with Gasteiger partial charge in [0.1, 0.15) is 17.4 Å². The molecule has 2 aromatic rings. The fraction of sp³-hybridized carbons (Fsp3) is 0.556. The summed E-state index contributed by atoms with van der Waals surface area (Å²) in [6.07, 6.45) is 3.54. The van der Waals surface area contributed by atoms with Gasteiger partial charge in [0, 0.05) is 43.4 Å². The topological polar surface area (TPSA) is 84.2 Å². The number of hydrogen-bond donors (Lipinski definition) is 1. The molecular weight excluding hydrogens is 318 g/mol. The highest BCUT2D eigenvalue weighted by molar-refractivity contribution is 5.92. The van der Waals surface area contributed by atoms with Crippen LogP contribution in [0.3, 0.4) is 0 Å². The maximum Gasteiger partial charge on any atom is 0.273 e. The molecule has 3 rings (SSSR count). The number of aryl methyl sites for hydroxylation is 3. The van der Waals surface area contributed by atoms with E-state index in [1.165, 1.54) is 0 Å². The Kier molecular flexibility index (Phi) is 5.31. The summed E-state index contributed by atoms with van der Waals surface area (Å²) in [5.74, 6) is 2.37. The van der Waals surface area contributed by atoms with Gasteiger partial charge in [0.2, 0.25) is 0 Å². The van der Waals surface area contributed by atoms with Gasteiger partial charge in [-0.3, -0.25) is 4.79 Å². The standard InChI is InChI=1S/C18H25N5O2/c1-4-5-15-11-16(22-25-15)18(24)21-14-6-8-23(9-7-14)17-10-12(2)19-13(3)20-17/h10-11,14H,4-9H2,1-3H3,(H,21,24). The lowest BCUT2D eigenvalue weighted by Gasteiger charge is -2.33. The Bertz CT molecular complexity index is 715. The first-order chi connectivity index (χ1) is 12.0. The van der Waals surface area contributed by atoms with Gasteiger partial charge in [-0.1, -0.05) is 12.1 Å². The fourth-order valence-electron chi connectivity index (χ4n) is 3.16. The molecule has 1 fully saturated rings. The molecule has 0 saturated carbocycles. The van der Waals surface area contributed by atoms with Crippen molar-refractivity contribution in [2.45, 2.75) is 52.5 Å². The molecule has 0 aliphatic carbocycles. The van der Waals surface area contributed by atoms with E-state index in [9.17, 15) is 4.79 Å². The number of nitrogens with one attached hydrogen (secondary N) is 1. The minimum atomic E-state index is -0.154. The predicted octanol–water partition coefficient (Wildman–Crippen LogP) is 2.43. The second kappa shape index (κ2) is 7.63. The van der Waals surface area contributed by atoms with E-state index < -0.39 is 0 Å². The van der Waals surface area contributed by atoms with Crippen LogP contribution >= 0.6 is 0 Å². The Hall–Kier alpha value is -2.44. The Morgan fingerprint density at radius 2 is 2.04 bits per heavy atom. The number of nitrogens with zero attached hydrogens (tertiary/aromatic N) is 4. The summed E-state index contributed by atoms with van der Waals surface area (Å²) in [4.78, 5) is 23.4. The maximum atomic E-state index is 12.3. The Morgan fingerprint density at radius 3 is 2.72 bits per heavy atom. The predicted molar refractivity (Wildman–Crippen MR) is 94.7 cm³/mol. The molecule has 1 aliphatic heterocycles. The average molecular weight is 343 g/mol. The highest BCUT2D eigenvalue weighted by atomic mass is 16.5. The summed E-state index contributed by atoms with van der Waals surface area (Å²) in [7, 11) is 0. The summed E-state index contributed by atoms with van der Waals surface area (Å²) in [6.45, 7) is 7.68. The summed E-state index contributed by atoms with van der Waals surface area (Å²) < 4.78 is 5.18. The third-order valence-corrected chi connectivity index (χ3v) is 4.39. The van der Waals surface area contributed by atoms with Crippen molar-refractivity contribution in [3.05, 3.63) is 35.1 Å². The van der Waals surface area contributed by atoms with Gasteiger partial charge >= 0.3 is 0 Å². The molecule has 2 aromatic heterocycles. The SMILES string of the molecule is CCCc1cc(C(=O)NC2CCN(c3cc(C)nc(C)n3)CC2)no1. The second-order valence-electron chi connectivity index (χ2n) is 6.58. The third kappa shape index (κ3) is 4.35. The molecule has 3 heterocycles. The largest absolute Gasteiger partial charge is 0.361 e. The molecule has 134 valence electrons. The highest BCUT2D eigenvalue weighted by Crippen LogP contribution is 2.19. The van der Waals surface area contributed by atoms with Gasteiger partial charge in [-0.15, -0.1) is 0 Å². The van der Waals surface area contributed by atoms with Crippen LogP contribution in [0.25, 0.3) is 0 Å². The van der Waals surface area contributed by atoms with Crippen LogP contribution in [0.2, 0.25) is 0 Å². The number of amides is 1. The number of piperidine rings is 1. The van der Waals surface area contributed by atoms with E-state index in [0.717, 1.165) is 61.9 Å². The van der Waals surface area contributed by atoms with Gasteiger partial charge in [-0.2, -0.15) is 0 Å². The fourth-order valence-corrected chi connectivity index (χ4v) is 3.16. The van der Waals surface area contributed by atoms with E-state index in [1.807, 2.05) is 19.9 Å².